The SMILES string of the molecule is CC(C)=CCC/C(C)=C/CC/C(C)=C/CCC1(C)CCc2cc(OC(=O)Nc3ccn([C@@H]4OC(C)[C@H](O)C4(F)F)c(=O)n3)cc(C)c2O1. The zero-order valence-electron chi connectivity index (χ0n) is 29.1. The predicted molar refractivity (Wildman–Crippen MR) is 182 cm³/mol. The molecule has 4 atom stereocenters. The number of anilines is 1. The van der Waals surface area contributed by atoms with E-state index in [4.69, 9.17) is 14.2 Å². The van der Waals surface area contributed by atoms with Gasteiger partial charge in [0.15, 0.2) is 0 Å². The molecule has 2 aliphatic rings. The number of hydrogen-bond donors (Lipinski definition) is 2. The molecule has 1 fully saturated rings. The summed E-state index contributed by atoms with van der Waals surface area (Å²) >= 11 is 0. The van der Waals surface area contributed by atoms with Gasteiger partial charge < -0.3 is 19.3 Å². The summed E-state index contributed by atoms with van der Waals surface area (Å²) in [6, 6.07) is 4.64. The number of allylic oxidation sites excluding steroid dienone is 6. The average molecular weight is 670 g/mol. The lowest BCUT2D eigenvalue weighted by atomic mass is 9.87. The summed E-state index contributed by atoms with van der Waals surface area (Å²) in [6.07, 6.45) is 9.51. The Labute approximate surface area is 281 Å². The normalized spacial score (nSPS) is 23.7. The first-order valence-corrected chi connectivity index (χ1v) is 16.6. The van der Waals surface area contributed by atoms with Gasteiger partial charge in [0.1, 0.15) is 29.0 Å². The van der Waals surface area contributed by atoms with Gasteiger partial charge in [-0.1, -0.05) is 34.9 Å². The molecule has 2 aliphatic heterocycles. The highest BCUT2D eigenvalue weighted by Crippen LogP contribution is 2.42. The molecule has 9 nitrogen and oxygen atoms in total. The number of benzene rings is 1. The van der Waals surface area contributed by atoms with Crippen molar-refractivity contribution in [2.24, 2.45) is 0 Å². The second kappa shape index (κ2) is 15.6. The number of carbonyl (C=O) groups excluding carboxylic acids is 1. The number of nitrogens with zero attached hydrogens (tertiary/aromatic N) is 2. The number of aliphatic hydroxyl groups excluding tert-OH is 1. The number of carbonyl (C=O) groups is 1. The molecule has 262 valence electrons. The summed E-state index contributed by atoms with van der Waals surface area (Å²) in [7, 11) is 0. The zero-order valence-corrected chi connectivity index (χ0v) is 29.1. The minimum absolute atomic E-state index is 0.184. The van der Waals surface area contributed by atoms with Gasteiger partial charge in [-0.15, -0.1) is 0 Å². The maximum absolute atomic E-state index is 14.4. The van der Waals surface area contributed by atoms with Crippen LogP contribution >= 0.6 is 0 Å². The number of rotatable bonds is 12. The van der Waals surface area contributed by atoms with Crippen molar-refractivity contribution in [1.29, 1.82) is 0 Å². The topological polar surface area (TPSA) is 112 Å². The van der Waals surface area contributed by atoms with Crippen LogP contribution in [0.15, 0.2) is 64.1 Å². The van der Waals surface area contributed by atoms with Crippen LogP contribution in [0.2, 0.25) is 0 Å². The van der Waals surface area contributed by atoms with Crippen molar-refractivity contribution in [3.63, 3.8) is 0 Å². The highest BCUT2D eigenvalue weighted by atomic mass is 19.3. The molecule has 2 N–H and O–H groups in total. The van der Waals surface area contributed by atoms with Gasteiger partial charge in [0.25, 0.3) is 0 Å². The maximum atomic E-state index is 14.4. The molecular formula is C37H49F2N3O6. The Bertz CT molecular complexity index is 1630. The van der Waals surface area contributed by atoms with Gasteiger partial charge in [-0.3, -0.25) is 9.88 Å². The van der Waals surface area contributed by atoms with Crippen LogP contribution in [0, 0.1) is 6.92 Å². The van der Waals surface area contributed by atoms with Gasteiger partial charge in [0.2, 0.25) is 6.23 Å². The monoisotopic (exact) mass is 669 g/mol. The zero-order chi connectivity index (χ0) is 35.2. The number of alkyl halides is 2. The molecule has 0 radical (unpaired) electrons. The van der Waals surface area contributed by atoms with E-state index in [1.165, 1.54) is 29.7 Å². The Kier molecular flexibility index (Phi) is 12.0. The van der Waals surface area contributed by atoms with Crippen LogP contribution in [-0.4, -0.2) is 44.5 Å². The number of aliphatic hydroxyl groups is 1. The molecule has 4 rings (SSSR count). The van der Waals surface area contributed by atoms with Crippen molar-refractivity contribution >= 4 is 11.9 Å². The van der Waals surface area contributed by atoms with Gasteiger partial charge in [-0.25, -0.2) is 9.59 Å². The van der Waals surface area contributed by atoms with Crippen LogP contribution in [0.1, 0.15) is 104 Å². The molecule has 48 heavy (non-hydrogen) atoms. The fourth-order valence-corrected chi connectivity index (χ4v) is 6.01. The lowest BCUT2D eigenvalue weighted by molar-refractivity contribution is -0.140. The summed E-state index contributed by atoms with van der Waals surface area (Å²) in [6.45, 7) is 14.0. The van der Waals surface area contributed by atoms with Crippen molar-refractivity contribution in [1.82, 2.24) is 9.55 Å². The van der Waals surface area contributed by atoms with E-state index in [0.29, 0.717) is 10.3 Å². The number of halogens is 2. The standard InChI is InChI=1S/C37H49F2N3O6/c1-23(2)11-8-12-24(3)13-9-14-25(4)15-10-18-36(7)19-16-28-22-29(21-26(5)31(28)48-36)47-35(45)41-30-17-20-42(34(44)40-30)33-37(38,39)32(43)27(6)46-33/h11,13,15,17,20-22,27,32-33,43H,8-10,12,14,16,18-19H2,1-7H3,(H,40,41,44,45)/b24-13+,25-15+/t27?,32-,33+,36?/m0/s1. The maximum Gasteiger partial charge on any atom is 0.418 e. The lowest BCUT2D eigenvalue weighted by Gasteiger charge is -2.37. The van der Waals surface area contributed by atoms with Crippen LogP contribution in [0.3, 0.4) is 0 Å². The quantitative estimate of drug-likeness (QED) is 0.219. The van der Waals surface area contributed by atoms with Crippen molar-refractivity contribution in [2.45, 2.75) is 130 Å². The molecule has 3 heterocycles. The van der Waals surface area contributed by atoms with E-state index in [0.717, 1.165) is 74.4 Å². The van der Waals surface area contributed by atoms with E-state index in [1.807, 2.05) is 6.92 Å². The number of fused-ring (bicyclic) bond motifs is 1. The smallest absolute Gasteiger partial charge is 0.418 e. The van der Waals surface area contributed by atoms with Crippen LogP contribution < -0.4 is 20.5 Å². The van der Waals surface area contributed by atoms with Gasteiger partial charge in [0.05, 0.1) is 6.10 Å². The number of nitrogens with one attached hydrogen (secondary N) is 1. The van der Waals surface area contributed by atoms with Crippen LogP contribution in [-0.2, 0) is 11.2 Å². The van der Waals surface area contributed by atoms with Crippen LogP contribution in [0.25, 0.3) is 0 Å². The Balaban J connectivity index is 1.29. The van der Waals surface area contributed by atoms with Crippen molar-refractivity contribution < 1.29 is 32.9 Å². The molecule has 1 saturated heterocycles. The predicted octanol–water partition coefficient (Wildman–Crippen LogP) is 8.36. The third-order valence-corrected chi connectivity index (χ3v) is 8.92. The minimum Gasteiger partial charge on any atom is -0.487 e. The molecule has 0 spiro atoms. The van der Waals surface area contributed by atoms with E-state index >= 15 is 0 Å². The first-order chi connectivity index (χ1) is 22.6. The Morgan fingerprint density at radius 2 is 1.79 bits per heavy atom. The van der Waals surface area contributed by atoms with Gasteiger partial charge in [-0.05, 0) is 129 Å². The molecule has 2 aromatic rings. The fraction of sp³-hybridized carbons (Fsp3) is 0.541. The summed E-state index contributed by atoms with van der Waals surface area (Å²) in [4.78, 5) is 28.8. The fourth-order valence-electron chi connectivity index (χ4n) is 6.01. The summed E-state index contributed by atoms with van der Waals surface area (Å²) < 4.78 is 46.4. The third kappa shape index (κ3) is 9.41. The van der Waals surface area contributed by atoms with Crippen molar-refractivity contribution in [2.75, 3.05) is 5.32 Å². The van der Waals surface area contributed by atoms with Crippen LogP contribution in [0.5, 0.6) is 11.5 Å². The molecular weight excluding hydrogens is 620 g/mol. The van der Waals surface area contributed by atoms with Crippen LogP contribution in [0.4, 0.5) is 19.4 Å². The molecule has 0 aliphatic carbocycles. The number of aryl methyl sites for hydroxylation is 2. The van der Waals surface area contributed by atoms with Crippen molar-refractivity contribution in [3.05, 3.63) is 81.0 Å². The number of hydrogen-bond acceptors (Lipinski definition) is 7. The second-order valence-corrected chi connectivity index (χ2v) is 13.6. The van der Waals surface area contributed by atoms with E-state index in [9.17, 15) is 23.5 Å². The number of ether oxygens (including phenoxy) is 3. The third-order valence-electron chi connectivity index (χ3n) is 8.92. The largest absolute Gasteiger partial charge is 0.487 e. The first-order valence-electron chi connectivity index (χ1n) is 16.6. The van der Waals surface area contributed by atoms with Gasteiger partial charge in [-0.2, -0.15) is 13.8 Å². The lowest BCUT2D eigenvalue weighted by Crippen LogP contribution is -2.41. The van der Waals surface area contributed by atoms with Gasteiger partial charge >= 0.3 is 17.7 Å². The summed E-state index contributed by atoms with van der Waals surface area (Å²) in [5.41, 5.74) is 4.55. The summed E-state index contributed by atoms with van der Waals surface area (Å²) in [5, 5.41) is 12.1. The minimum atomic E-state index is -3.69. The Morgan fingerprint density at radius 3 is 2.42 bits per heavy atom. The molecule has 11 heteroatoms. The van der Waals surface area contributed by atoms with E-state index in [1.54, 1.807) is 12.1 Å². The Hall–Kier alpha value is -3.83. The number of aromatic nitrogens is 2. The van der Waals surface area contributed by atoms with Gasteiger partial charge in [0, 0.05) is 6.20 Å². The van der Waals surface area contributed by atoms with Crippen molar-refractivity contribution in [3.8, 4) is 11.5 Å². The molecule has 2 unspecified atom stereocenters. The molecule has 0 bridgehead atoms. The first kappa shape index (κ1) is 37.0. The van der Waals surface area contributed by atoms with E-state index in [-0.39, 0.29) is 11.4 Å². The Morgan fingerprint density at radius 1 is 1.12 bits per heavy atom. The average Bonchev–Trinajstić information content (AvgIpc) is 3.19. The summed E-state index contributed by atoms with van der Waals surface area (Å²) in [5.74, 6) is -2.79. The van der Waals surface area contributed by atoms with E-state index < -0.39 is 36.1 Å². The second-order valence-electron chi connectivity index (χ2n) is 13.6. The molecule has 1 amide bonds. The highest BCUT2D eigenvalue weighted by molar-refractivity contribution is 5.85. The van der Waals surface area contributed by atoms with E-state index in [2.05, 4.69) is 63.1 Å². The molecule has 0 saturated carbocycles. The highest BCUT2D eigenvalue weighted by Gasteiger charge is 2.58. The molecule has 1 aromatic carbocycles. The number of amides is 1. The molecule has 1 aromatic heterocycles.